The van der Waals surface area contributed by atoms with E-state index in [1.54, 1.807) is 0 Å². The van der Waals surface area contributed by atoms with Crippen LogP contribution in [0.4, 0.5) is 0 Å². The zero-order valence-corrected chi connectivity index (χ0v) is 10.6. The average molecular weight is 226 g/mol. The van der Waals surface area contributed by atoms with Crippen molar-refractivity contribution in [1.82, 2.24) is 0 Å². The molecule has 0 aromatic carbocycles. The SMILES string of the molecule is COC(=O)/C=C/[C@@H](O)[C@@H](C)CCC=C(C)C. The predicted octanol–water partition coefficient (Wildman–Crippen LogP) is 2.46. The molecule has 16 heavy (non-hydrogen) atoms. The van der Waals surface area contributed by atoms with Gasteiger partial charge in [0, 0.05) is 6.08 Å². The van der Waals surface area contributed by atoms with Crippen LogP contribution in [0.2, 0.25) is 0 Å². The first-order chi connectivity index (χ1) is 7.47. The quantitative estimate of drug-likeness (QED) is 0.430. The topological polar surface area (TPSA) is 46.5 Å². The number of ether oxygens (including phenoxy) is 1. The molecule has 0 heterocycles. The van der Waals surface area contributed by atoms with Crippen LogP contribution < -0.4 is 0 Å². The summed E-state index contributed by atoms with van der Waals surface area (Å²) >= 11 is 0. The Bertz CT molecular complexity index is 262. The number of carbonyl (C=O) groups is 1. The molecule has 0 fully saturated rings. The maximum Gasteiger partial charge on any atom is 0.330 e. The summed E-state index contributed by atoms with van der Waals surface area (Å²) in [6.07, 6.45) is 6.16. The zero-order chi connectivity index (χ0) is 12.6. The van der Waals surface area contributed by atoms with Crippen LogP contribution in [0.5, 0.6) is 0 Å². The van der Waals surface area contributed by atoms with Gasteiger partial charge in [-0.05, 0) is 38.7 Å². The van der Waals surface area contributed by atoms with E-state index in [4.69, 9.17) is 0 Å². The van der Waals surface area contributed by atoms with E-state index in [0.717, 1.165) is 12.8 Å². The van der Waals surface area contributed by atoms with Crippen LogP contribution in [-0.2, 0) is 9.53 Å². The summed E-state index contributed by atoms with van der Waals surface area (Å²) in [5, 5.41) is 9.71. The largest absolute Gasteiger partial charge is 0.466 e. The van der Waals surface area contributed by atoms with Crippen molar-refractivity contribution in [2.45, 2.75) is 39.7 Å². The first-order valence-electron chi connectivity index (χ1n) is 5.55. The number of allylic oxidation sites excluding steroid dienone is 2. The van der Waals surface area contributed by atoms with Gasteiger partial charge in [-0.25, -0.2) is 4.79 Å². The lowest BCUT2D eigenvalue weighted by Gasteiger charge is -2.14. The van der Waals surface area contributed by atoms with Crippen molar-refractivity contribution in [2.75, 3.05) is 7.11 Å². The van der Waals surface area contributed by atoms with Gasteiger partial charge in [-0.1, -0.05) is 18.6 Å². The summed E-state index contributed by atoms with van der Waals surface area (Å²) in [5.41, 5.74) is 1.28. The molecule has 0 aliphatic carbocycles. The lowest BCUT2D eigenvalue weighted by molar-refractivity contribution is -0.134. The molecule has 0 unspecified atom stereocenters. The highest BCUT2D eigenvalue weighted by Crippen LogP contribution is 2.13. The minimum atomic E-state index is -0.593. The Morgan fingerprint density at radius 1 is 1.44 bits per heavy atom. The van der Waals surface area contributed by atoms with Crippen molar-refractivity contribution in [3.63, 3.8) is 0 Å². The second-order valence-electron chi connectivity index (χ2n) is 4.21. The van der Waals surface area contributed by atoms with E-state index in [2.05, 4.69) is 24.7 Å². The van der Waals surface area contributed by atoms with Gasteiger partial charge in [-0.15, -0.1) is 0 Å². The van der Waals surface area contributed by atoms with Gasteiger partial charge in [-0.2, -0.15) is 0 Å². The standard InChI is InChI=1S/C13H22O3/c1-10(2)6-5-7-11(3)12(14)8-9-13(15)16-4/h6,8-9,11-12,14H,5,7H2,1-4H3/b9-8+/t11-,12+/m0/s1. The Kier molecular flexibility index (Phi) is 7.56. The summed E-state index contributed by atoms with van der Waals surface area (Å²) in [6, 6.07) is 0. The fraction of sp³-hybridized carbons (Fsp3) is 0.615. The number of rotatable bonds is 6. The summed E-state index contributed by atoms with van der Waals surface area (Å²) in [7, 11) is 1.32. The maximum atomic E-state index is 10.8. The second-order valence-corrected chi connectivity index (χ2v) is 4.21. The number of hydrogen-bond acceptors (Lipinski definition) is 3. The summed E-state index contributed by atoms with van der Waals surface area (Å²) in [5.74, 6) is -0.299. The second kappa shape index (κ2) is 8.11. The van der Waals surface area contributed by atoms with E-state index >= 15 is 0 Å². The van der Waals surface area contributed by atoms with Crippen molar-refractivity contribution in [2.24, 2.45) is 5.92 Å². The van der Waals surface area contributed by atoms with Gasteiger partial charge in [0.1, 0.15) is 0 Å². The first-order valence-corrected chi connectivity index (χ1v) is 5.55. The van der Waals surface area contributed by atoms with Crippen molar-refractivity contribution >= 4 is 5.97 Å². The molecule has 3 heteroatoms. The normalized spacial score (nSPS) is 14.6. The van der Waals surface area contributed by atoms with Crippen LogP contribution >= 0.6 is 0 Å². The summed E-state index contributed by atoms with van der Waals surface area (Å²) in [6.45, 7) is 6.07. The Morgan fingerprint density at radius 2 is 2.06 bits per heavy atom. The lowest BCUT2D eigenvalue weighted by atomic mass is 9.98. The van der Waals surface area contributed by atoms with Crippen molar-refractivity contribution in [3.8, 4) is 0 Å². The van der Waals surface area contributed by atoms with Gasteiger partial charge in [0.15, 0.2) is 0 Å². The number of esters is 1. The smallest absolute Gasteiger partial charge is 0.330 e. The lowest BCUT2D eigenvalue weighted by Crippen LogP contribution is -2.15. The van der Waals surface area contributed by atoms with Gasteiger partial charge < -0.3 is 9.84 Å². The number of methoxy groups -OCH3 is 1. The minimum Gasteiger partial charge on any atom is -0.466 e. The highest BCUT2D eigenvalue weighted by Gasteiger charge is 2.10. The summed E-state index contributed by atoms with van der Waals surface area (Å²) < 4.78 is 4.45. The Hall–Kier alpha value is -1.09. The highest BCUT2D eigenvalue weighted by molar-refractivity contribution is 5.81. The van der Waals surface area contributed by atoms with Crippen molar-refractivity contribution in [1.29, 1.82) is 0 Å². The van der Waals surface area contributed by atoms with E-state index in [1.807, 2.05) is 6.92 Å². The van der Waals surface area contributed by atoms with Crippen LogP contribution in [0, 0.1) is 5.92 Å². The van der Waals surface area contributed by atoms with E-state index in [0.29, 0.717) is 0 Å². The third-order valence-electron chi connectivity index (χ3n) is 2.39. The molecular formula is C13H22O3. The summed E-state index contributed by atoms with van der Waals surface area (Å²) in [4.78, 5) is 10.8. The van der Waals surface area contributed by atoms with Crippen LogP contribution in [0.1, 0.15) is 33.6 Å². The molecule has 0 bridgehead atoms. The Labute approximate surface area is 97.8 Å². The van der Waals surface area contributed by atoms with Crippen LogP contribution in [0.25, 0.3) is 0 Å². The molecular weight excluding hydrogens is 204 g/mol. The third kappa shape index (κ3) is 7.23. The molecule has 0 aliphatic rings. The minimum absolute atomic E-state index is 0.136. The number of aliphatic hydroxyl groups excluding tert-OH is 1. The first kappa shape index (κ1) is 14.9. The van der Waals surface area contributed by atoms with Gasteiger partial charge in [-0.3, -0.25) is 0 Å². The number of aliphatic hydroxyl groups is 1. The maximum absolute atomic E-state index is 10.8. The van der Waals surface area contributed by atoms with Crippen LogP contribution in [-0.4, -0.2) is 24.3 Å². The average Bonchev–Trinajstić information content (AvgIpc) is 2.24. The van der Waals surface area contributed by atoms with E-state index < -0.39 is 12.1 Å². The van der Waals surface area contributed by atoms with Crippen LogP contribution in [0.3, 0.4) is 0 Å². The Morgan fingerprint density at radius 3 is 2.56 bits per heavy atom. The molecule has 0 amide bonds. The van der Waals surface area contributed by atoms with E-state index in [-0.39, 0.29) is 5.92 Å². The molecule has 0 aromatic heterocycles. The number of carbonyl (C=O) groups excluding carboxylic acids is 1. The van der Waals surface area contributed by atoms with Crippen LogP contribution in [0.15, 0.2) is 23.8 Å². The van der Waals surface area contributed by atoms with Gasteiger partial charge in [0.05, 0.1) is 13.2 Å². The third-order valence-corrected chi connectivity index (χ3v) is 2.39. The predicted molar refractivity (Wildman–Crippen MR) is 65.0 cm³/mol. The van der Waals surface area contributed by atoms with E-state index in [9.17, 15) is 9.90 Å². The van der Waals surface area contributed by atoms with Crippen molar-refractivity contribution < 1.29 is 14.6 Å². The van der Waals surface area contributed by atoms with Gasteiger partial charge in [0.25, 0.3) is 0 Å². The molecule has 0 spiro atoms. The molecule has 0 saturated carbocycles. The fourth-order valence-electron chi connectivity index (χ4n) is 1.24. The van der Waals surface area contributed by atoms with Gasteiger partial charge in [0.2, 0.25) is 0 Å². The molecule has 0 radical (unpaired) electrons. The molecule has 0 rings (SSSR count). The Balaban J connectivity index is 3.99. The van der Waals surface area contributed by atoms with Gasteiger partial charge >= 0.3 is 5.97 Å². The molecule has 0 aromatic rings. The molecule has 2 atom stereocenters. The van der Waals surface area contributed by atoms with E-state index in [1.165, 1.54) is 24.8 Å². The zero-order valence-electron chi connectivity index (χ0n) is 10.6. The molecule has 0 aliphatic heterocycles. The monoisotopic (exact) mass is 226 g/mol. The van der Waals surface area contributed by atoms with Crippen molar-refractivity contribution in [3.05, 3.63) is 23.8 Å². The fourth-order valence-corrected chi connectivity index (χ4v) is 1.24. The molecule has 0 saturated heterocycles. The number of hydrogen-bond donors (Lipinski definition) is 1. The highest BCUT2D eigenvalue weighted by atomic mass is 16.5. The molecule has 92 valence electrons. The molecule has 3 nitrogen and oxygen atoms in total. The molecule has 1 N–H and O–H groups in total.